The van der Waals surface area contributed by atoms with E-state index in [1.807, 2.05) is 30.3 Å². The zero-order valence-electron chi connectivity index (χ0n) is 21.7. The third-order valence-electron chi connectivity index (χ3n) is 9.35. The molecule has 1 saturated heterocycles. The van der Waals surface area contributed by atoms with Crippen LogP contribution in [0.25, 0.3) is 0 Å². The van der Waals surface area contributed by atoms with Crippen molar-refractivity contribution in [3.8, 4) is 0 Å². The Hall–Kier alpha value is -2.97. The summed E-state index contributed by atoms with van der Waals surface area (Å²) in [4.78, 5) is 26.6. The number of amides is 1. The molecule has 39 heavy (non-hydrogen) atoms. The van der Waals surface area contributed by atoms with Gasteiger partial charge in [0.2, 0.25) is 5.67 Å². The Morgan fingerprint density at radius 3 is 2.28 bits per heavy atom. The van der Waals surface area contributed by atoms with Gasteiger partial charge < -0.3 is 10.0 Å². The molecule has 3 aliphatic rings. The van der Waals surface area contributed by atoms with Gasteiger partial charge >= 0.3 is 12.1 Å². The number of carbonyl (C=O) groups is 2. The summed E-state index contributed by atoms with van der Waals surface area (Å²) in [5, 5.41) is 9.29. The second-order valence-corrected chi connectivity index (χ2v) is 11.6. The van der Waals surface area contributed by atoms with Crippen LogP contribution in [-0.2, 0) is 33.5 Å². The van der Waals surface area contributed by atoms with Crippen LogP contribution in [0.2, 0.25) is 0 Å². The van der Waals surface area contributed by atoms with Crippen LogP contribution >= 0.6 is 0 Å². The second kappa shape index (κ2) is 9.59. The SMILES string of the molecule is CC(F)(c1ccc2c(c1)CC[C@H]1N(C(=O)[C@]3(F)CC[C@@H](C(=O)O)CC3)CC[C@@]21Cc1ccccc1)C(F)(F)F. The van der Waals surface area contributed by atoms with Crippen molar-refractivity contribution in [2.75, 3.05) is 6.54 Å². The van der Waals surface area contributed by atoms with Crippen LogP contribution in [0.4, 0.5) is 22.0 Å². The topological polar surface area (TPSA) is 57.6 Å². The Morgan fingerprint density at radius 1 is 1.00 bits per heavy atom. The first-order valence-electron chi connectivity index (χ1n) is 13.4. The van der Waals surface area contributed by atoms with E-state index >= 15 is 4.39 Å². The third-order valence-corrected chi connectivity index (χ3v) is 9.35. The maximum absolute atomic E-state index is 16.0. The number of benzene rings is 2. The summed E-state index contributed by atoms with van der Waals surface area (Å²) < 4.78 is 71.3. The minimum Gasteiger partial charge on any atom is -0.481 e. The van der Waals surface area contributed by atoms with Crippen LogP contribution in [0, 0.1) is 5.92 Å². The number of aryl methyl sites for hydroxylation is 1. The largest absolute Gasteiger partial charge is 0.481 e. The molecule has 9 heteroatoms. The van der Waals surface area contributed by atoms with Crippen LogP contribution < -0.4 is 0 Å². The number of fused-ring (bicyclic) bond motifs is 3. The van der Waals surface area contributed by atoms with Crippen LogP contribution in [0.3, 0.4) is 0 Å². The van der Waals surface area contributed by atoms with Gasteiger partial charge in [-0.1, -0.05) is 48.5 Å². The zero-order valence-corrected chi connectivity index (χ0v) is 21.7. The minimum absolute atomic E-state index is 0.0953. The molecular weight excluding hydrogens is 517 g/mol. The van der Waals surface area contributed by atoms with Crippen LogP contribution in [0.1, 0.15) is 67.7 Å². The lowest BCUT2D eigenvalue weighted by atomic mass is 9.63. The first kappa shape index (κ1) is 27.6. The van der Waals surface area contributed by atoms with E-state index in [4.69, 9.17) is 0 Å². The summed E-state index contributed by atoms with van der Waals surface area (Å²) in [6, 6.07) is 13.2. The molecule has 5 rings (SSSR count). The smallest absolute Gasteiger partial charge is 0.426 e. The molecule has 1 heterocycles. The molecule has 210 valence electrons. The quantitative estimate of drug-likeness (QED) is 0.437. The van der Waals surface area contributed by atoms with E-state index in [0.717, 1.165) is 11.1 Å². The van der Waals surface area contributed by atoms with Gasteiger partial charge in [0.15, 0.2) is 5.67 Å². The molecule has 0 aromatic heterocycles. The van der Waals surface area contributed by atoms with E-state index < -0.39 is 46.3 Å². The number of aliphatic carboxylic acids is 1. The predicted molar refractivity (Wildman–Crippen MR) is 135 cm³/mol. The van der Waals surface area contributed by atoms with Crippen molar-refractivity contribution in [2.24, 2.45) is 5.92 Å². The number of alkyl halides is 5. The predicted octanol–water partition coefficient (Wildman–Crippen LogP) is 6.44. The van der Waals surface area contributed by atoms with E-state index in [1.165, 1.54) is 12.1 Å². The van der Waals surface area contributed by atoms with Crippen molar-refractivity contribution in [2.45, 2.75) is 87.3 Å². The van der Waals surface area contributed by atoms with Crippen molar-refractivity contribution in [3.63, 3.8) is 0 Å². The van der Waals surface area contributed by atoms with Gasteiger partial charge in [0.05, 0.1) is 5.92 Å². The first-order valence-corrected chi connectivity index (χ1v) is 13.4. The number of carboxylic acid groups (broad SMARTS) is 1. The Balaban J connectivity index is 1.51. The molecule has 2 aromatic rings. The molecule has 1 amide bonds. The van der Waals surface area contributed by atoms with Gasteiger partial charge in [0, 0.05) is 18.0 Å². The standard InChI is InChI=1S/C30H32F5NO3/c1-27(31,30(33,34)35)22-8-9-23-21(17-22)7-10-24-28(23,18-19-5-3-2-4-6-19)15-16-36(24)26(39)29(32)13-11-20(12-14-29)25(37)38/h2-6,8-9,17,20,24H,7,10-16,18H2,1H3,(H,37,38)/t20-,24-,27?,28-,29+/m1/s1. The molecule has 0 bridgehead atoms. The van der Waals surface area contributed by atoms with Crippen molar-refractivity contribution in [1.82, 2.24) is 4.90 Å². The Kier molecular flexibility index (Phi) is 6.79. The average molecular weight is 550 g/mol. The molecule has 1 unspecified atom stereocenters. The summed E-state index contributed by atoms with van der Waals surface area (Å²) >= 11 is 0. The highest BCUT2D eigenvalue weighted by atomic mass is 19.4. The number of nitrogens with zero attached hydrogens (tertiary/aromatic N) is 1. The molecule has 4 nitrogen and oxygen atoms in total. The molecule has 2 fully saturated rings. The van der Waals surface area contributed by atoms with Gasteiger partial charge in [0.1, 0.15) is 0 Å². The normalized spacial score (nSPS) is 30.3. The minimum atomic E-state index is -5.06. The van der Waals surface area contributed by atoms with E-state index in [1.54, 1.807) is 11.0 Å². The summed E-state index contributed by atoms with van der Waals surface area (Å²) in [5.74, 6) is -2.27. The number of rotatable bonds is 5. The van der Waals surface area contributed by atoms with Gasteiger partial charge in [-0.05, 0) is 80.5 Å². The number of likely N-dealkylation sites (tertiary alicyclic amines) is 1. The van der Waals surface area contributed by atoms with Gasteiger partial charge in [-0.2, -0.15) is 13.2 Å². The van der Waals surface area contributed by atoms with Crippen LogP contribution in [0.5, 0.6) is 0 Å². The first-order chi connectivity index (χ1) is 18.3. The van der Waals surface area contributed by atoms with Gasteiger partial charge in [-0.25, -0.2) is 8.78 Å². The number of carboxylic acids is 1. The lowest BCUT2D eigenvalue weighted by Crippen LogP contribution is -2.55. The fourth-order valence-electron chi connectivity index (χ4n) is 7.02. The second-order valence-electron chi connectivity index (χ2n) is 11.6. The number of halogens is 5. The van der Waals surface area contributed by atoms with Crippen LogP contribution in [-0.4, -0.2) is 46.3 Å². The zero-order chi connectivity index (χ0) is 28.2. The average Bonchev–Trinajstić information content (AvgIpc) is 3.27. The fraction of sp³-hybridized carbons (Fsp3) is 0.533. The molecule has 3 atom stereocenters. The number of hydrogen-bond donors (Lipinski definition) is 1. The van der Waals surface area contributed by atoms with Crippen molar-refractivity contribution >= 4 is 11.9 Å². The van der Waals surface area contributed by atoms with Crippen molar-refractivity contribution in [1.29, 1.82) is 0 Å². The summed E-state index contributed by atoms with van der Waals surface area (Å²) in [7, 11) is 0. The van der Waals surface area contributed by atoms with Crippen molar-refractivity contribution in [3.05, 3.63) is 70.8 Å². The van der Waals surface area contributed by atoms with E-state index in [9.17, 15) is 32.3 Å². The molecular formula is C30H32F5NO3. The maximum Gasteiger partial charge on any atom is 0.426 e. The Labute approximate surface area is 224 Å². The molecule has 2 aliphatic carbocycles. The summed E-state index contributed by atoms with van der Waals surface area (Å²) in [6.07, 6.45) is -3.43. The Morgan fingerprint density at radius 2 is 1.67 bits per heavy atom. The lowest BCUT2D eigenvalue weighted by molar-refractivity contribution is -0.228. The van der Waals surface area contributed by atoms with Gasteiger partial charge in [-0.15, -0.1) is 0 Å². The highest BCUT2D eigenvalue weighted by Crippen LogP contribution is 2.52. The van der Waals surface area contributed by atoms with E-state index in [-0.39, 0.29) is 38.3 Å². The van der Waals surface area contributed by atoms with Gasteiger partial charge in [-0.3, -0.25) is 9.59 Å². The van der Waals surface area contributed by atoms with E-state index in [0.29, 0.717) is 38.2 Å². The molecule has 1 saturated carbocycles. The van der Waals surface area contributed by atoms with E-state index in [2.05, 4.69) is 0 Å². The van der Waals surface area contributed by atoms with Gasteiger partial charge in [0.25, 0.3) is 5.91 Å². The fourth-order valence-corrected chi connectivity index (χ4v) is 7.02. The number of carbonyl (C=O) groups excluding carboxylic acids is 1. The highest BCUT2D eigenvalue weighted by Gasteiger charge is 2.57. The monoisotopic (exact) mass is 549 g/mol. The third kappa shape index (κ3) is 4.61. The summed E-state index contributed by atoms with van der Waals surface area (Å²) in [6.45, 7) is 0.810. The van der Waals surface area contributed by atoms with Crippen LogP contribution in [0.15, 0.2) is 48.5 Å². The summed E-state index contributed by atoms with van der Waals surface area (Å²) in [5.41, 5.74) is -4.37. The Bertz CT molecular complexity index is 1250. The molecule has 0 radical (unpaired) electrons. The molecule has 2 aromatic carbocycles. The van der Waals surface area contributed by atoms with Crippen molar-refractivity contribution < 1.29 is 36.6 Å². The molecule has 1 aliphatic heterocycles. The molecule has 0 spiro atoms. The maximum atomic E-state index is 16.0. The lowest BCUT2D eigenvalue weighted by Gasteiger charge is -2.45. The number of hydrogen-bond acceptors (Lipinski definition) is 2. The highest BCUT2D eigenvalue weighted by molar-refractivity contribution is 5.86. The molecule has 1 N–H and O–H groups in total.